The highest BCUT2D eigenvalue weighted by Crippen LogP contribution is 2.12. The lowest BCUT2D eigenvalue weighted by molar-refractivity contribution is -0.131. The van der Waals surface area contributed by atoms with Gasteiger partial charge >= 0.3 is 0 Å². The van der Waals surface area contributed by atoms with Crippen molar-refractivity contribution in [3.05, 3.63) is 76.1 Å². The standard InChI is InChI=1S/C23H22FN5O2/c24-19-6-7-21-20(12-19)23(31)29(16-26-21)15-22(30)28-9-1-8-27(10-11-28)14-18-4-2-17(13-25)3-5-18/h2-7,12,16H,1,8-11,14-15H2. The molecule has 0 unspecified atom stereocenters. The number of amides is 1. The SMILES string of the molecule is N#Cc1ccc(CN2CCCN(C(=O)Cn3cnc4ccc(F)cc4c3=O)CC2)cc1. The first-order valence-electron chi connectivity index (χ1n) is 10.2. The number of carbonyl (C=O) groups excluding carboxylic acids is 1. The molecular formula is C23H22FN5O2. The van der Waals surface area contributed by atoms with Crippen LogP contribution in [0.4, 0.5) is 4.39 Å². The van der Waals surface area contributed by atoms with E-state index in [0.29, 0.717) is 24.2 Å². The van der Waals surface area contributed by atoms with Crippen molar-refractivity contribution in [2.24, 2.45) is 0 Å². The quantitative estimate of drug-likeness (QED) is 0.647. The first-order chi connectivity index (χ1) is 15.0. The Balaban J connectivity index is 1.39. The number of rotatable bonds is 4. The Hall–Kier alpha value is -3.57. The van der Waals surface area contributed by atoms with Crippen LogP contribution in [0.15, 0.2) is 53.6 Å². The Morgan fingerprint density at radius 3 is 2.68 bits per heavy atom. The lowest BCUT2D eigenvalue weighted by Gasteiger charge is -2.22. The minimum Gasteiger partial charge on any atom is -0.340 e. The number of halogens is 1. The van der Waals surface area contributed by atoms with Gasteiger partial charge in [-0.05, 0) is 42.3 Å². The van der Waals surface area contributed by atoms with Crippen molar-refractivity contribution in [2.45, 2.75) is 19.5 Å². The molecule has 1 fully saturated rings. The lowest BCUT2D eigenvalue weighted by Crippen LogP contribution is -2.39. The summed E-state index contributed by atoms with van der Waals surface area (Å²) < 4.78 is 14.7. The van der Waals surface area contributed by atoms with Crippen molar-refractivity contribution >= 4 is 16.8 Å². The van der Waals surface area contributed by atoms with Crippen molar-refractivity contribution in [1.29, 1.82) is 5.26 Å². The Bertz CT molecular complexity index is 1200. The van der Waals surface area contributed by atoms with Crippen LogP contribution in [0, 0.1) is 17.1 Å². The summed E-state index contributed by atoms with van der Waals surface area (Å²) in [6.07, 6.45) is 2.17. The van der Waals surface area contributed by atoms with Crippen LogP contribution in [-0.2, 0) is 17.9 Å². The summed E-state index contributed by atoms with van der Waals surface area (Å²) in [6.45, 7) is 3.41. The number of carbonyl (C=O) groups is 1. The molecule has 3 aromatic rings. The van der Waals surface area contributed by atoms with Gasteiger partial charge in [0.1, 0.15) is 12.4 Å². The van der Waals surface area contributed by atoms with Gasteiger partial charge in [-0.3, -0.25) is 19.1 Å². The molecule has 4 rings (SSSR count). The van der Waals surface area contributed by atoms with Crippen LogP contribution in [0.3, 0.4) is 0 Å². The predicted octanol–water partition coefficient (Wildman–Crippen LogP) is 2.14. The van der Waals surface area contributed by atoms with E-state index in [-0.39, 0.29) is 17.8 Å². The summed E-state index contributed by atoms with van der Waals surface area (Å²) in [5, 5.41) is 9.08. The maximum Gasteiger partial charge on any atom is 0.261 e. The van der Waals surface area contributed by atoms with E-state index in [9.17, 15) is 14.0 Å². The largest absolute Gasteiger partial charge is 0.340 e. The monoisotopic (exact) mass is 419 g/mol. The van der Waals surface area contributed by atoms with Gasteiger partial charge in [0.05, 0.1) is 28.9 Å². The predicted molar refractivity (Wildman–Crippen MR) is 114 cm³/mol. The molecule has 0 aliphatic carbocycles. The van der Waals surface area contributed by atoms with Gasteiger partial charge in [-0.1, -0.05) is 12.1 Å². The molecule has 2 aromatic carbocycles. The average Bonchev–Trinajstić information content (AvgIpc) is 3.02. The maximum atomic E-state index is 13.5. The molecule has 2 heterocycles. The van der Waals surface area contributed by atoms with E-state index in [2.05, 4.69) is 16.0 Å². The van der Waals surface area contributed by atoms with Crippen molar-refractivity contribution in [3.63, 3.8) is 0 Å². The summed E-state index contributed by atoms with van der Waals surface area (Å²) in [5.74, 6) is -0.662. The third kappa shape index (κ3) is 4.78. The second-order valence-corrected chi connectivity index (χ2v) is 7.66. The fourth-order valence-electron chi connectivity index (χ4n) is 3.81. The van der Waals surface area contributed by atoms with Gasteiger partial charge in [-0.15, -0.1) is 0 Å². The van der Waals surface area contributed by atoms with E-state index < -0.39 is 11.4 Å². The van der Waals surface area contributed by atoms with E-state index in [1.54, 1.807) is 4.90 Å². The van der Waals surface area contributed by atoms with Crippen molar-refractivity contribution < 1.29 is 9.18 Å². The fraction of sp³-hybridized carbons (Fsp3) is 0.304. The van der Waals surface area contributed by atoms with Crippen molar-refractivity contribution in [3.8, 4) is 6.07 Å². The molecule has 0 atom stereocenters. The highest BCUT2D eigenvalue weighted by Gasteiger charge is 2.20. The van der Waals surface area contributed by atoms with Gasteiger partial charge in [-0.25, -0.2) is 9.37 Å². The molecule has 0 spiro atoms. The van der Waals surface area contributed by atoms with Crippen LogP contribution in [0.5, 0.6) is 0 Å². The fourth-order valence-corrected chi connectivity index (χ4v) is 3.81. The van der Waals surface area contributed by atoms with Gasteiger partial charge in [0.15, 0.2) is 0 Å². The van der Waals surface area contributed by atoms with Crippen LogP contribution < -0.4 is 5.56 Å². The zero-order valence-electron chi connectivity index (χ0n) is 17.0. The Labute approximate surface area is 178 Å². The van der Waals surface area contributed by atoms with Crippen molar-refractivity contribution in [2.75, 3.05) is 26.2 Å². The molecule has 0 radical (unpaired) electrons. The normalized spacial score (nSPS) is 14.9. The van der Waals surface area contributed by atoms with E-state index in [4.69, 9.17) is 5.26 Å². The van der Waals surface area contributed by atoms with Crippen LogP contribution in [-0.4, -0.2) is 51.4 Å². The van der Waals surface area contributed by atoms with E-state index in [1.165, 1.54) is 23.0 Å². The number of benzene rings is 2. The van der Waals surface area contributed by atoms with Gasteiger partial charge in [-0.2, -0.15) is 5.26 Å². The zero-order valence-corrected chi connectivity index (χ0v) is 17.0. The van der Waals surface area contributed by atoms with Gasteiger partial charge in [0.25, 0.3) is 5.56 Å². The molecule has 1 aromatic heterocycles. The highest BCUT2D eigenvalue weighted by atomic mass is 19.1. The Morgan fingerprint density at radius 1 is 1.10 bits per heavy atom. The molecule has 0 N–H and O–H groups in total. The molecule has 1 aliphatic rings. The summed E-state index contributed by atoms with van der Waals surface area (Å²) in [4.78, 5) is 33.7. The van der Waals surface area contributed by atoms with Gasteiger partial charge < -0.3 is 4.90 Å². The first kappa shape index (κ1) is 20.7. The molecule has 158 valence electrons. The molecular weight excluding hydrogens is 397 g/mol. The summed E-state index contributed by atoms with van der Waals surface area (Å²) in [5.41, 5.74) is 1.75. The first-order valence-corrected chi connectivity index (χ1v) is 10.2. The Kier molecular flexibility index (Phi) is 6.05. The average molecular weight is 419 g/mol. The molecule has 0 saturated carbocycles. The third-order valence-corrected chi connectivity index (χ3v) is 5.52. The van der Waals surface area contributed by atoms with E-state index >= 15 is 0 Å². The van der Waals surface area contributed by atoms with Crippen LogP contribution in [0.1, 0.15) is 17.5 Å². The van der Waals surface area contributed by atoms with Crippen LogP contribution >= 0.6 is 0 Å². The molecule has 0 bridgehead atoms. The highest BCUT2D eigenvalue weighted by molar-refractivity contribution is 5.79. The third-order valence-electron chi connectivity index (χ3n) is 5.52. The van der Waals surface area contributed by atoms with E-state index in [0.717, 1.165) is 37.7 Å². The molecule has 1 amide bonds. The molecule has 7 nitrogen and oxygen atoms in total. The maximum absolute atomic E-state index is 13.5. The van der Waals surface area contributed by atoms with Crippen molar-refractivity contribution in [1.82, 2.24) is 19.4 Å². The number of fused-ring (bicyclic) bond motifs is 1. The van der Waals surface area contributed by atoms with Gasteiger partial charge in [0.2, 0.25) is 5.91 Å². The number of hydrogen-bond donors (Lipinski definition) is 0. The minimum absolute atomic E-state index is 0.117. The molecule has 31 heavy (non-hydrogen) atoms. The minimum atomic E-state index is -0.509. The number of nitriles is 1. The second-order valence-electron chi connectivity index (χ2n) is 7.66. The summed E-state index contributed by atoms with van der Waals surface area (Å²) in [7, 11) is 0. The Morgan fingerprint density at radius 2 is 1.90 bits per heavy atom. The van der Waals surface area contributed by atoms with E-state index in [1.807, 2.05) is 24.3 Å². The number of aromatic nitrogens is 2. The second kappa shape index (κ2) is 9.06. The summed E-state index contributed by atoms with van der Waals surface area (Å²) >= 11 is 0. The number of nitrogens with zero attached hydrogens (tertiary/aromatic N) is 5. The molecule has 1 aliphatic heterocycles. The number of hydrogen-bond acceptors (Lipinski definition) is 5. The smallest absolute Gasteiger partial charge is 0.261 e. The van der Waals surface area contributed by atoms with Crippen LogP contribution in [0.2, 0.25) is 0 Å². The summed E-state index contributed by atoms with van der Waals surface area (Å²) in [6, 6.07) is 13.5. The molecule has 1 saturated heterocycles. The molecule has 8 heteroatoms. The topological polar surface area (TPSA) is 82.2 Å². The van der Waals surface area contributed by atoms with Crippen LogP contribution in [0.25, 0.3) is 10.9 Å². The van der Waals surface area contributed by atoms with Gasteiger partial charge in [0, 0.05) is 32.7 Å². The zero-order chi connectivity index (χ0) is 21.8. The lowest BCUT2D eigenvalue weighted by atomic mass is 10.1.